The summed E-state index contributed by atoms with van der Waals surface area (Å²) in [6.45, 7) is 1.27. The first-order valence-corrected chi connectivity index (χ1v) is 10.4. The number of carbonyl (C=O) groups excluding carboxylic acids is 2. The Balaban J connectivity index is 1.87. The number of amides is 2. The van der Waals surface area contributed by atoms with Gasteiger partial charge in [0.25, 0.3) is 0 Å². The van der Waals surface area contributed by atoms with Gasteiger partial charge in [-0.15, -0.1) is 0 Å². The third-order valence-electron chi connectivity index (χ3n) is 5.39. The maximum atomic E-state index is 13.7. The van der Waals surface area contributed by atoms with Crippen LogP contribution in [-0.4, -0.2) is 30.1 Å². The zero-order valence-corrected chi connectivity index (χ0v) is 18.6. The molecule has 0 radical (unpaired) electrons. The normalized spacial score (nSPS) is 20.3. The Hall–Kier alpha value is -3.30. The summed E-state index contributed by atoms with van der Waals surface area (Å²) < 4.78 is 81.2. The van der Waals surface area contributed by atoms with Crippen molar-refractivity contribution in [3.8, 4) is 6.07 Å². The molecule has 0 spiro atoms. The van der Waals surface area contributed by atoms with Crippen LogP contribution >= 0.6 is 11.6 Å². The number of rotatable bonds is 4. The molecule has 0 saturated carbocycles. The van der Waals surface area contributed by atoms with Gasteiger partial charge in [0.2, 0.25) is 11.8 Å². The highest BCUT2D eigenvalue weighted by atomic mass is 35.5. The van der Waals surface area contributed by atoms with Crippen LogP contribution in [0.15, 0.2) is 36.4 Å². The van der Waals surface area contributed by atoms with Crippen molar-refractivity contribution < 1.29 is 35.9 Å². The molecule has 186 valence electrons. The van der Waals surface area contributed by atoms with Crippen LogP contribution in [0, 0.1) is 11.3 Å². The predicted molar refractivity (Wildman–Crippen MR) is 115 cm³/mol. The third kappa shape index (κ3) is 6.04. The van der Waals surface area contributed by atoms with Crippen LogP contribution in [0.4, 0.5) is 37.7 Å². The number of carbonyl (C=O) groups is 2. The van der Waals surface area contributed by atoms with Gasteiger partial charge in [0.05, 0.1) is 33.9 Å². The van der Waals surface area contributed by atoms with Crippen molar-refractivity contribution in [2.45, 2.75) is 43.7 Å². The number of anilines is 2. The molecule has 13 heteroatoms. The Labute approximate surface area is 200 Å². The fourth-order valence-corrected chi connectivity index (χ4v) is 4.09. The van der Waals surface area contributed by atoms with Crippen molar-refractivity contribution in [3.05, 3.63) is 58.1 Å². The summed E-state index contributed by atoms with van der Waals surface area (Å²) >= 11 is 6.08. The Kier molecular flexibility index (Phi) is 7.33. The van der Waals surface area contributed by atoms with Crippen LogP contribution in [0.1, 0.15) is 36.0 Å². The number of benzene rings is 2. The molecule has 35 heavy (non-hydrogen) atoms. The van der Waals surface area contributed by atoms with E-state index in [0.29, 0.717) is 11.8 Å². The standard InChI is InChI=1S/C22H17ClF6N4O2/c1-10(34)31-13-4-5-17(16(23)7-13)33-20(35)18-8-14(19(32-18)22(27,28)29)11-2-3-12(9-30)15(6-11)21(24,25)26/h2-7,14,18-19,32H,8H2,1H3,(H,31,34)(H,33,35)/t14?,18-,19+/m0/s1. The van der Waals surface area contributed by atoms with Crippen molar-refractivity contribution in [3.63, 3.8) is 0 Å². The van der Waals surface area contributed by atoms with Crippen molar-refractivity contribution in [2.75, 3.05) is 10.6 Å². The van der Waals surface area contributed by atoms with Crippen molar-refractivity contribution in [1.29, 1.82) is 5.26 Å². The van der Waals surface area contributed by atoms with Gasteiger partial charge in [-0.25, -0.2) is 0 Å². The molecular formula is C22H17ClF6N4O2. The Morgan fingerprint density at radius 2 is 1.77 bits per heavy atom. The molecule has 1 aliphatic heterocycles. The molecule has 6 nitrogen and oxygen atoms in total. The van der Waals surface area contributed by atoms with Crippen molar-refractivity contribution in [2.24, 2.45) is 0 Å². The van der Waals surface area contributed by atoms with Gasteiger partial charge in [-0.1, -0.05) is 17.7 Å². The third-order valence-corrected chi connectivity index (χ3v) is 5.70. The van der Waals surface area contributed by atoms with Crippen LogP contribution in [0.5, 0.6) is 0 Å². The SMILES string of the molecule is CC(=O)Nc1ccc(NC(=O)[C@@H]2CC(c3ccc(C#N)c(C(F)(F)F)c3)[C@H](C(F)(F)F)N2)c(Cl)c1. The fourth-order valence-electron chi connectivity index (χ4n) is 3.87. The molecule has 0 bridgehead atoms. The summed E-state index contributed by atoms with van der Waals surface area (Å²) in [7, 11) is 0. The maximum Gasteiger partial charge on any atom is 0.417 e. The van der Waals surface area contributed by atoms with Gasteiger partial charge in [0.1, 0.15) is 6.04 Å². The molecule has 2 amide bonds. The average molecular weight is 519 g/mol. The molecule has 1 heterocycles. The monoisotopic (exact) mass is 518 g/mol. The number of hydrogen-bond donors (Lipinski definition) is 3. The van der Waals surface area contributed by atoms with Gasteiger partial charge < -0.3 is 10.6 Å². The van der Waals surface area contributed by atoms with Crippen LogP contribution in [0.25, 0.3) is 0 Å². The van der Waals surface area contributed by atoms with E-state index in [9.17, 15) is 35.9 Å². The number of nitriles is 1. The first-order valence-electron chi connectivity index (χ1n) is 10.0. The average Bonchev–Trinajstić information content (AvgIpc) is 3.20. The number of halogens is 7. The van der Waals surface area contributed by atoms with E-state index in [0.717, 1.165) is 12.1 Å². The molecule has 2 aromatic rings. The lowest BCUT2D eigenvalue weighted by atomic mass is 9.88. The van der Waals surface area contributed by atoms with Gasteiger partial charge in [0.15, 0.2) is 0 Å². The molecule has 3 rings (SSSR count). The van der Waals surface area contributed by atoms with E-state index < -0.39 is 53.8 Å². The highest BCUT2D eigenvalue weighted by molar-refractivity contribution is 6.34. The summed E-state index contributed by atoms with van der Waals surface area (Å²) in [5.41, 5.74) is -1.98. The molecule has 2 aromatic carbocycles. The molecule has 0 aliphatic carbocycles. The number of nitrogens with zero attached hydrogens (tertiary/aromatic N) is 1. The molecule has 1 unspecified atom stereocenters. The molecule has 0 aromatic heterocycles. The van der Waals surface area contributed by atoms with Gasteiger partial charge in [-0.2, -0.15) is 31.6 Å². The van der Waals surface area contributed by atoms with E-state index in [1.54, 1.807) is 0 Å². The molecule has 1 aliphatic rings. The maximum absolute atomic E-state index is 13.7. The summed E-state index contributed by atoms with van der Waals surface area (Å²) in [4.78, 5) is 23.8. The molecular weight excluding hydrogens is 502 g/mol. The van der Waals surface area contributed by atoms with Gasteiger partial charge >= 0.3 is 12.4 Å². The molecule has 3 N–H and O–H groups in total. The first-order chi connectivity index (χ1) is 16.2. The lowest BCUT2D eigenvalue weighted by molar-refractivity contribution is -0.156. The summed E-state index contributed by atoms with van der Waals surface area (Å²) in [5, 5.41) is 16.0. The largest absolute Gasteiger partial charge is 0.417 e. The van der Waals surface area contributed by atoms with E-state index in [-0.39, 0.29) is 22.2 Å². The predicted octanol–water partition coefficient (Wildman–Crippen LogP) is 5.20. The van der Waals surface area contributed by atoms with Gasteiger partial charge in [-0.05, 0) is 42.3 Å². The second-order valence-electron chi connectivity index (χ2n) is 7.86. The fraction of sp³-hybridized carbons (Fsp3) is 0.318. The zero-order chi connectivity index (χ0) is 26.1. The minimum atomic E-state index is -4.95. The topological polar surface area (TPSA) is 94.0 Å². The highest BCUT2D eigenvalue weighted by Crippen LogP contribution is 2.42. The van der Waals surface area contributed by atoms with E-state index in [1.807, 2.05) is 0 Å². The number of hydrogen-bond acceptors (Lipinski definition) is 4. The Morgan fingerprint density at radius 3 is 2.31 bits per heavy atom. The Morgan fingerprint density at radius 1 is 1.09 bits per heavy atom. The smallest absolute Gasteiger partial charge is 0.326 e. The number of alkyl halides is 6. The van der Waals surface area contributed by atoms with E-state index in [4.69, 9.17) is 16.9 Å². The summed E-state index contributed by atoms with van der Waals surface area (Å²) in [6.07, 6.45) is -10.3. The first kappa shape index (κ1) is 26.3. The second-order valence-corrected chi connectivity index (χ2v) is 8.27. The van der Waals surface area contributed by atoms with E-state index >= 15 is 0 Å². The summed E-state index contributed by atoms with van der Waals surface area (Å²) in [6, 6.07) is 4.12. The molecule has 3 atom stereocenters. The number of nitrogens with one attached hydrogen (secondary N) is 3. The van der Waals surface area contributed by atoms with Gasteiger partial charge in [-0.3, -0.25) is 14.9 Å². The second kappa shape index (κ2) is 9.75. The lowest BCUT2D eigenvalue weighted by Crippen LogP contribution is -2.46. The summed E-state index contributed by atoms with van der Waals surface area (Å²) in [5.74, 6) is -2.76. The zero-order valence-electron chi connectivity index (χ0n) is 17.8. The molecule has 1 saturated heterocycles. The molecule has 1 fully saturated rings. The minimum absolute atomic E-state index is 0.00781. The van der Waals surface area contributed by atoms with Crippen molar-refractivity contribution >= 4 is 34.8 Å². The van der Waals surface area contributed by atoms with Crippen LogP contribution in [0.3, 0.4) is 0 Å². The van der Waals surface area contributed by atoms with Crippen LogP contribution < -0.4 is 16.0 Å². The van der Waals surface area contributed by atoms with Crippen LogP contribution in [0.2, 0.25) is 5.02 Å². The highest BCUT2D eigenvalue weighted by Gasteiger charge is 2.52. The minimum Gasteiger partial charge on any atom is -0.326 e. The van der Waals surface area contributed by atoms with E-state index in [1.165, 1.54) is 31.2 Å². The quantitative estimate of drug-likeness (QED) is 0.485. The van der Waals surface area contributed by atoms with E-state index in [2.05, 4.69) is 16.0 Å². The van der Waals surface area contributed by atoms with Crippen LogP contribution in [-0.2, 0) is 15.8 Å². The Bertz CT molecular complexity index is 1190. The lowest BCUT2D eigenvalue weighted by Gasteiger charge is -2.23. The van der Waals surface area contributed by atoms with Crippen molar-refractivity contribution in [1.82, 2.24) is 5.32 Å². The van der Waals surface area contributed by atoms with Gasteiger partial charge in [0, 0.05) is 18.5 Å².